The van der Waals surface area contributed by atoms with E-state index in [0.717, 1.165) is 42.5 Å². The molecule has 1 aliphatic heterocycles. The molecule has 0 saturated carbocycles. The second-order valence-corrected chi connectivity index (χ2v) is 6.26. The SMILES string of the molecule is CN=C(NCc1ccc(OC)nc1)N1CCc2cc(OC)c(OC)cc2C1. The van der Waals surface area contributed by atoms with Gasteiger partial charge in [-0.15, -0.1) is 0 Å². The van der Waals surface area contributed by atoms with Gasteiger partial charge >= 0.3 is 0 Å². The Labute approximate surface area is 160 Å². The molecule has 144 valence electrons. The van der Waals surface area contributed by atoms with Gasteiger partial charge in [0.05, 0.1) is 21.3 Å². The van der Waals surface area contributed by atoms with Crippen LogP contribution in [0.25, 0.3) is 0 Å². The lowest BCUT2D eigenvalue weighted by Gasteiger charge is -2.32. The molecule has 0 amide bonds. The van der Waals surface area contributed by atoms with E-state index >= 15 is 0 Å². The van der Waals surface area contributed by atoms with Crippen molar-refractivity contribution in [2.75, 3.05) is 34.9 Å². The molecule has 1 N–H and O–H groups in total. The summed E-state index contributed by atoms with van der Waals surface area (Å²) >= 11 is 0. The van der Waals surface area contributed by atoms with Gasteiger partial charge in [-0.05, 0) is 35.2 Å². The fraction of sp³-hybridized carbons (Fsp3) is 0.400. The number of rotatable bonds is 5. The molecular formula is C20H26N4O3. The van der Waals surface area contributed by atoms with Crippen LogP contribution in [0.3, 0.4) is 0 Å². The summed E-state index contributed by atoms with van der Waals surface area (Å²) in [6, 6.07) is 7.98. The Balaban J connectivity index is 1.68. The Hall–Kier alpha value is -2.96. The van der Waals surface area contributed by atoms with Crippen molar-refractivity contribution in [1.82, 2.24) is 15.2 Å². The lowest BCUT2D eigenvalue weighted by atomic mass is 9.99. The standard InChI is InChI=1S/C20H26N4O3/c1-21-20(23-12-14-5-6-19(27-4)22-11-14)24-8-7-15-9-17(25-2)18(26-3)10-16(15)13-24/h5-6,9-11H,7-8,12-13H2,1-4H3,(H,21,23). The number of hydrogen-bond donors (Lipinski definition) is 1. The molecule has 0 aliphatic carbocycles. The highest BCUT2D eigenvalue weighted by Crippen LogP contribution is 2.33. The zero-order chi connectivity index (χ0) is 19.2. The number of nitrogens with one attached hydrogen (secondary N) is 1. The van der Waals surface area contributed by atoms with E-state index in [4.69, 9.17) is 14.2 Å². The number of guanidine groups is 1. The summed E-state index contributed by atoms with van der Waals surface area (Å²) in [6.07, 6.45) is 2.74. The highest BCUT2D eigenvalue weighted by atomic mass is 16.5. The molecule has 1 aromatic heterocycles. The average molecular weight is 370 g/mol. The molecule has 0 unspecified atom stereocenters. The van der Waals surface area contributed by atoms with Crippen LogP contribution in [0.1, 0.15) is 16.7 Å². The highest BCUT2D eigenvalue weighted by molar-refractivity contribution is 5.80. The van der Waals surface area contributed by atoms with Crippen molar-refractivity contribution in [3.8, 4) is 17.4 Å². The van der Waals surface area contributed by atoms with Gasteiger partial charge in [0.25, 0.3) is 0 Å². The molecule has 0 bridgehead atoms. The third-order valence-electron chi connectivity index (χ3n) is 4.69. The molecule has 1 aromatic carbocycles. The Bertz CT molecular complexity index is 806. The molecule has 1 aliphatic rings. The highest BCUT2D eigenvalue weighted by Gasteiger charge is 2.21. The number of benzene rings is 1. The van der Waals surface area contributed by atoms with E-state index in [9.17, 15) is 0 Å². The molecule has 2 aromatic rings. The van der Waals surface area contributed by atoms with Crippen LogP contribution in [0.2, 0.25) is 0 Å². The molecule has 0 spiro atoms. The number of pyridine rings is 1. The van der Waals surface area contributed by atoms with Gasteiger partial charge in [0, 0.05) is 38.9 Å². The predicted molar refractivity (Wildman–Crippen MR) is 105 cm³/mol. The summed E-state index contributed by atoms with van der Waals surface area (Å²) in [5, 5.41) is 3.41. The fourth-order valence-electron chi connectivity index (χ4n) is 3.21. The molecule has 27 heavy (non-hydrogen) atoms. The van der Waals surface area contributed by atoms with Gasteiger partial charge in [0.15, 0.2) is 17.5 Å². The Morgan fingerprint density at radius 2 is 1.85 bits per heavy atom. The molecule has 7 heteroatoms. The van der Waals surface area contributed by atoms with Crippen molar-refractivity contribution in [3.05, 3.63) is 47.2 Å². The van der Waals surface area contributed by atoms with Crippen LogP contribution in [0, 0.1) is 0 Å². The number of nitrogens with zero attached hydrogens (tertiary/aromatic N) is 3. The van der Waals surface area contributed by atoms with Gasteiger partial charge in [0.1, 0.15) is 0 Å². The maximum atomic E-state index is 5.44. The van der Waals surface area contributed by atoms with Crippen LogP contribution >= 0.6 is 0 Å². The van der Waals surface area contributed by atoms with Crippen molar-refractivity contribution in [2.45, 2.75) is 19.5 Å². The number of aliphatic imine (C=N–C) groups is 1. The van der Waals surface area contributed by atoms with Crippen LogP contribution < -0.4 is 19.5 Å². The Morgan fingerprint density at radius 1 is 1.11 bits per heavy atom. The van der Waals surface area contributed by atoms with Gasteiger partial charge in [-0.3, -0.25) is 4.99 Å². The van der Waals surface area contributed by atoms with E-state index in [0.29, 0.717) is 12.4 Å². The maximum absolute atomic E-state index is 5.44. The molecule has 2 heterocycles. The first-order valence-corrected chi connectivity index (χ1v) is 8.86. The summed E-state index contributed by atoms with van der Waals surface area (Å²) in [7, 11) is 6.74. The third-order valence-corrected chi connectivity index (χ3v) is 4.69. The Kier molecular flexibility index (Phi) is 6.01. The molecular weight excluding hydrogens is 344 g/mol. The average Bonchev–Trinajstić information content (AvgIpc) is 2.73. The first-order valence-electron chi connectivity index (χ1n) is 8.86. The predicted octanol–water partition coefficient (Wildman–Crippen LogP) is 2.24. The minimum Gasteiger partial charge on any atom is -0.493 e. The van der Waals surface area contributed by atoms with Gasteiger partial charge in [0.2, 0.25) is 5.88 Å². The molecule has 0 atom stereocenters. The minimum atomic E-state index is 0.611. The summed E-state index contributed by atoms with van der Waals surface area (Å²) in [6.45, 7) is 2.32. The molecule has 7 nitrogen and oxygen atoms in total. The van der Waals surface area contributed by atoms with Gasteiger partial charge < -0.3 is 24.4 Å². The topological polar surface area (TPSA) is 68.2 Å². The van der Waals surface area contributed by atoms with E-state index < -0.39 is 0 Å². The molecule has 0 saturated heterocycles. The lowest BCUT2D eigenvalue weighted by Crippen LogP contribution is -2.43. The van der Waals surface area contributed by atoms with Crippen molar-refractivity contribution < 1.29 is 14.2 Å². The second kappa shape index (κ2) is 8.62. The second-order valence-electron chi connectivity index (χ2n) is 6.26. The summed E-state index contributed by atoms with van der Waals surface area (Å²) in [4.78, 5) is 10.9. The number of ether oxygens (including phenoxy) is 3. The van der Waals surface area contributed by atoms with Crippen molar-refractivity contribution in [2.24, 2.45) is 4.99 Å². The van der Waals surface area contributed by atoms with Gasteiger partial charge in [-0.25, -0.2) is 4.98 Å². The number of aromatic nitrogens is 1. The van der Waals surface area contributed by atoms with Crippen molar-refractivity contribution in [1.29, 1.82) is 0 Å². The summed E-state index contributed by atoms with van der Waals surface area (Å²) in [5.41, 5.74) is 3.59. The van der Waals surface area contributed by atoms with E-state index in [2.05, 4.69) is 32.3 Å². The molecule has 3 rings (SSSR count). The van der Waals surface area contributed by atoms with Gasteiger partial charge in [-0.1, -0.05) is 6.07 Å². The first kappa shape index (κ1) is 18.8. The third kappa shape index (κ3) is 4.24. The van der Waals surface area contributed by atoms with Gasteiger partial charge in [-0.2, -0.15) is 0 Å². The zero-order valence-electron chi connectivity index (χ0n) is 16.3. The lowest BCUT2D eigenvalue weighted by molar-refractivity contribution is 0.346. The van der Waals surface area contributed by atoms with E-state index in [1.54, 1.807) is 28.4 Å². The van der Waals surface area contributed by atoms with E-state index in [1.807, 2.05) is 18.3 Å². The zero-order valence-corrected chi connectivity index (χ0v) is 16.3. The molecule has 0 fully saturated rings. The van der Waals surface area contributed by atoms with Crippen molar-refractivity contribution in [3.63, 3.8) is 0 Å². The summed E-state index contributed by atoms with van der Waals surface area (Å²) in [5.74, 6) is 3.01. The van der Waals surface area contributed by atoms with Crippen LogP contribution in [0.5, 0.6) is 17.4 Å². The van der Waals surface area contributed by atoms with Crippen LogP contribution in [0.15, 0.2) is 35.5 Å². The van der Waals surface area contributed by atoms with Crippen LogP contribution in [0.4, 0.5) is 0 Å². The fourth-order valence-corrected chi connectivity index (χ4v) is 3.21. The van der Waals surface area contributed by atoms with Crippen LogP contribution in [-0.2, 0) is 19.5 Å². The largest absolute Gasteiger partial charge is 0.493 e. The quantitative estimate of drug-likeness (QED) is 0.643. The Morgan fingerprint density at radius 3 is 2.44 bits per heavy atom. The van der Waals surface area contributed by atoms with Crippen LogP contribution in [-0.4, -0.2) is 50.8 Å². The first-order chi connectivity index (χ1) is 13.2. The number of methoxy groups -OCH3 is 3. The minimum absolute atomic E-state index is 0.611. The van der Waals surface area contributed by atoms with E-state index in [-0.39, 0.29) is 0 Å². The van der Waals surface area contributed by atoms with Crippen molar-refractivity contribution >= 4 is 5.96 Å². The summed E-state index contributed by atoms with van der Waals surface area (Å²) < 4.78 is 16.0. The smallest absolute Gasteiger partial charge is 0.212 e. The molecule has 0 radical (unpaired) electrons. The maximum Gasteiger partial charge on any atom is 0.212 e. The number of hydrogen-bond acceptors (Lipinski definition) is 5. The van der Waals surface area contributed by atoms with E-state index in [1.165, 1.54) is 11.1 Å². The normalized spacial score (nSPS) is 13.8. The monoisotopic (exact) mass is 370 g/mol. The number of fused-ring (bicyclic) bond motifs is 1.